The van der Waals surface area contributed by atoms with Crippen molar-refractivity contribution in [3.05, 3.63) is 76.3 Å². The van der Waals surface area contributed by atoms with Gasteiger partial charge in [0, 0.05) is 82.2 Å². The maximum absolute atomic E-state index is 14.5. The Balaban J connectivity index is 0.755. The summed E-state index contributed by atoms with van der Waals surface area (Å²) in [6.07, 6.45) is 1.95. The highest BCUT2D eigenvalue weighted by Gasteiger charge is 2.60. The van der Waals surface area contributed by atoms with E-state index in [0.717, 1.165) is 42.0 Å². The van der Waals surface area contributed by atoms with Gasteiger partial charge in [0.1, 0.15) is 30.7 Å². The van der Waals surface area contributed by atoms with E-state index in [2.05, 4.69) is 40.8 Å². The number of benzene rings is 1. The molecule has 3 N–H and O–H groups in total. The Bertz CT molecular complexity index is 2870. The van der Waals surface area contributed by atoms with Gasteiger partial charge in [-0.2, -0.15) is 13.7 Å². The minimum atomic E-state index is -4.24. The summed E-state index contributed by atoms with van der Waals surface area (Å²) in [4.78, 5) is 34.3. The number of pyridine rings is 1. The summed E-state index contributed by atoms with van der Waals surface area (Å²) in [5.41, 5.74) is 10.4. The van der Waals surface area contributed by atoms with E-state index >= 15 is 0 Å². The summed E-state index contributed by atoms with van der Waals surface area (Å²) in [5.74, 6) is -0.885. The molecule has 0 radical (unpaired) electrons. The third-order valence-corrected chi connectivity index (χ3v) is 20.5. The second kappa shape index (κ2) is 30.5. The van der Waals surface area contributed by atoms with Crippen molar-refractivity contribution in [1.82, 2.24) is 10.3 Å². The molecular formula is C62H87N7O18S. The van der Waals surface area contributed by atoms with Gasteiger partial charge in [0.05, 0.1) is 137 Å². The number of carbonyl (C=O) groups is 2. The molecule has 8 aliphatic heterocycles. The molecule has 88 heavy (non-hydrogen) atoms. The number of aliphatic hydroxyl groups excluding tert-OH is 2. The third kappa shape index (κ3) is 16.4. The molecule has 1 spiro atoms. The number of hydrogen-bond acceptors (Lipinski definition) is 21. The van der Waals surface area contributed by atoms with Crippen molar-refractivity contribution >= 4 is 27.6 Å². The number of fused-ring (bicyclic) bond motifs is 9. The lowest BCUT2D eigenvalue weighted by Gasteiger charge is -2.47. The molecule has 8 saturated heterocycles. The zero-order valence-electron chi connectivity index (χ0n) is 50.6. The standard InChI is InChI=1S/C62H87N7O18S/c1-37-25-45-10-12-50-38(2)26-47(81-50)15-16-62-32-49(72)59(87-62)55-31-56(86-62)60-51(84-55)13-11-46(83-60)27-43(70)28-48-53(30-52(82-45)39(37)3)85-54(58(48)76-4)29-44(71)35-66-61(73)80-36-40-5-8-42(9-6-40)69(88(74,75)57-14-7-41(33-63)34-65-57)18-20-78-22-24-79-23-21-77-19-17-67-68-64/h5-9,14,34,37-38,44-56,58-60,71-72H,3,10-13,15-32,35-36H2,1-2,4H3,(H,66,73)/t37-,38?,44+,45+,46-,47+,48+,49-,50+,51+,52-,53+,54-,55-,56-,58-,59+,60+,62-/m1/s1. The molecule has 0 saturated carbocycles. The SMILES string of the molecule is C=C1[C@H](C)C[C@@H]2CC[C@@H]3O[C@@H](CC[C@]45C[C@@H](O)[C@H](O4)[C@H]4C[C@@H](O5)[C@H]5O[C@H](CC[C@@H]5O4)CC(=O)C[C@@H]4[C@@H](OC)[C@@H](C[C@H](O)CNC(=O)OCc5ccc(N(CCOCCOCCOCCN=[N+]=[N-])S(=O)(=O)c6ccc(C#N)cn6)cc5)O[C@H]4C[C@H]1O2)CC3C. The predicted octanol–water partition coefficient (Wildman–Crippen LogP) is 6.29. The van der Waals surface area contributed by atoms with Crippen LogP contribution in [0, 0.1) is 29.1 Å². The topological polar surface area (TPSA) is 320 Å². The van der Waals surface area contributed by atoms with Gasteiger partial charge in [-0.15, -0.1) is 0 Å². The minimum absolute atomic E-state index is 0.00202. The molecule has 1 aromatic heterocycles. The van der Waals surface area contributed by atoms with Crippen molar-refractivity contribution < 1.29 is 85.1 Å². The van der Waals surface area contributed by atoms with E-state index in [9.17, 15) is 33.5 Å². The zero-order chi connectivity index (χ0) is 62.0. The molecule has 1 unspecified atom stereocenters. The summed E-state index contributed by atoms with van der Waals surface area (Å²) in [5, 5.41) is 37.9. The van der Waals surface area contributed by atoms with E-state index in [4.69, 9.17) is 62.4 Å². The van der Waals surface area contributed by atoms with Crippen LogP contribution in [0.5, 0.6) is 0 Å². The van der Waals surface area contributed by atoms with Gasteiger partial charge in [0.25, 0.3) is 10.0 Å². The number of carbonyl (C=O) groups excluding carboxylic acids is 2. The number of hydrogen-bond donors (Lipinski definition) is 3. The monoisotopic (exact) mass is 1250 g/mol. The van der Waals surface area contributed by atoms with Gasteiger partial charge in [0.15, 0.2) is 10.8 Å². The van der Waals surface area contributed by atoms with Gasteiger partial charge in [-0.1, -0.05) is 37.7 Å². The van der Waals surface area contributed by atoms with Gasteiger partial charge in [-0.05, 0) is 97.7 Å². The molecule has 1 amide bonds. The van der Waals surface area contributed by atoms with Crippen LogP contribution in [0.15, 0.2) is 64.9 Å². The quantitative estimate of drug-likeness (QED) is 0.0383. The highest BCUT2D eigenvalue weighted by molar-refractivity contribution is 7.92. The molecule has 2 aromatic rings. The Hall–Kier alpha value is -4.92. The Morgan fingerprint density at radius 2 is 1.62 bits per heavy atom. The minimum Gasteiger partial charge on any atom is -0.445 e. The maximum atomic E-state index is 14.5. The number of rotatable bonds is 22. The van der Waals surface area contributed by atoms with Crippen molar-refractivity contribution in [2.45, 2.75) is 213 Å². The van der Waals surface area contributed by atoms with Gasteiger partial charge in [0.2, 0.25) is 0 Å². The molecule has 8 aliphatic rings. The zero-order valence-corrected chi connectivity index (χ0v) is 51.4. The summed E-state index contributed by atoms with van der Waals surface area (Å²) in [6.45, 7) is 9.97. The number of nitrogens with zero attached hydrogens (tertiary/aromatic N) is 6. The molecule has 26 heteroatoms. The van der Waals surface area contributed by atoms with Crippen LogP contribution in [0.3, 0.4) is 0 Å². The number of aromatic nitrogens is 1. The molecular weight excluding hydrogens is 1160 g/mol. The fourth-order valence-electron chi connectivity index (χ4n) is 14.2. The van der Waals surface area contributed by atoms with Gasteiger partial charge < -0.3 is 72.4 Å². The number of ketones is 1. The second-order valence-corrected chi connectivity index (χ2v) is 26.7. The molecule has 10 bridgehead atoms. The van der Waals surface area contributed by atoms with Crippen LogP contribution in [-0.4, -0.2) is 199 Å². The highest BCUT2D eigenvalue weighted by atomic mass is 32.2. The van der Waals surface area contributed by atoms with Crippen molar-refractivity contribution in [2.24, 2.45) is 22.9 Å². The number of azide groups is 1. The van der Waals surface area contributed by atoms with Crippen molar-refractivity contribution in [3.8, 4) is 6.07 Å². The van der Waals surface area contributed by atoms with Crippen molar-refractivity contribution in [1.29, 1.82) is 5.26 Å². The summed E-state index contributed by atoms with van der Waals surface area (Å²) in [6, 6.07) is 10.9. The number of aliphatic hydroxyl groups is 2. The molecule has 19 atom stereocenters. The molecule has 0 aliphatic carbocycles. The van der Waals surface area contributed by atoms with Crippen LogP contribution in [0.25, 0.3) is 10.4 Å². The first kappa shape index (κ1) is 66.0. The predicted molar refractivity (Wildman–Crippen MR) is 314 cm³/mol. The average molecular weight is 1250 g/mol. The number of nitriles is 1. The normalized spacial score (nSPS) is 35.2. The fraction of sp³-hybridized carbons (Fsp3) is 0.742. The lowest BCUT2D eigenvalue weighted by molar-refractivity contribution is -0.277. The summed E-state index contributed by atoms with van der Waals surface area (Å²) < 4.78 is 105. The maximum Gasteiger partial charge on any atom is 0.407 e. The van der Waals surface area contributed by atoms with E-state index in [1.807, 2.05) is 6.07 Å². The largest absolute Gasteiger partial charge is 0.445 e. The number of nitrogens with one attached hydrogen (secondary N) is 1. The van der Waals surface area contributed by atoms with Crippen LogP contribution < -0.4 is 9.62 Å². The molecule has 25 nitrogen and oxygen atoms in total. The Kier molecular flexibility index (Phi) is 22.9. The number of amides is 1. The van der Waals surface area contributed by atoms with E-state index in [-0.39, 0.29) is 155 Å². The average Bonchev–Trinajstić information content (AvgIpc) is 1.62. The first-order valence-corrected chi connectivity index (χ1v) is 32.8. The van der Waals surface area contributed by atoms with E-state index < -0.39 is 70.5 Å². The Morgan fingerprint density at radius 1 is 0.875 bits per heavy atom. The van der Waals surface area contributed by atoms with Crippen LogP contribution in [0.4, 0.5) is 10.5 Å². The van der Waals surface area contributed by atoms with Crippen LogP contribution in [-0.2, 0) is 78.3 Å². The molecule has 9 heterocycles. The lowest BCUT2D eigenvalue weighted by Crippen LogP contribution is -2.58. The number of Topliss-reactive ketones (excluding diaryl/α,β-unsaturated/α-hetero) is 1. The summed E-state index contributed by atoms with van der Waals surface area (Å²) in [7, 11) is -2.65. The Morgan fingerprint density at radius 3 is 2.38 bits per heavy atom. The van der Waals surface area contributed by atoms with E-state index in [0.29, 0.717) is 56.6 Å². The van der Waals surface area contributed by atoms with Gasteiger partial charge >= 0.3 is 6.09 Å². The molecule has 8 fully saturated rings. The van der Waals surface area contributed by atoms with Crippen molar-refractivity contribution in [3.63, 3.8) is 0 Å². The number of anilines is 1. The fourth-order valence-corrected chi connectivity index (χ4v) is 15.6. The summed E-state index contributed by atoms with van der Waals surface area (Å²) >= 11 is 0. The second-order valence-electron chi connectivity index (χ2n) is 24.9. The lowest BCUT2D eigenvalue weighted by atomic mass is 9.81. The van der Waals surface area contributed by atoms with Crippen LogP contribution >= 0.6 is 0 Å². The smallest absolute Gasteiger partial charge is 0.407 e. The highest BCUT2D eigenvalue weighted by Crippen LogP contribution is 2.49. The molecule has 484 valence electrons. The number of methoxy groups -OCH3 is 1. The van der Waals surface area contributed by atoms with E-state index in [1.165, 1.54) is 18.3 Å². The first-order chi connectivity index (χ1) is 42.5. The van der Waals surface area contributed by atoms with Crippen LogP contribution in [0.1, 0.15) is 115 Å². The van der Waals surface area contributed by atoms with Crippen molar-refractivity contribution in [2.75, 3.05) is 70.7 Å². The van der Waals surface area contributed by atoms with E-state index in [1.54, 1.807) is 31.4 Å². The third-order valence-electron chi connectivity index (χ3n) is 18.8. The van der Waals surface area contributed by atoms with Crippen LogP contribution in [0.2, 0.25) is 0 Å². The number of sulfonamides is 1. The number of alkyl carbamates (subject to hydrolysis) is 1. The first-order valence-electron chi connectivity index (χ1n) is 31.4. The Labute approximate surface area is 514 Å². The molecule has 1 aromatic carbocycles. The van der Waals surface area contributed by atoms with Gasteiger partial charge in [-0.3, -0.25) is 9.10 Å². The molecule has 10 rings (SSSR count). The number of ether oxygens (including phenoxy) is 12. The van der Waals surface area contributed by atoms with Gasteiger partial charge in [-0.25, -0.2) is 9.78 Å².